The van der Waals surface area contributed by atoms with Crippen LogP contribution in [0.25, 0.3) is 0 Å². The molecule has 2 aliphatic rings. The van der Waals surface area contributed by atoms with Crippen molar-refractivity contribution in [2.24, 2.45) is 5.41 Å². The van der Waals surface area contributed by atoms with Crippen molar-refractivity contribution in [1.29, 1.82) is 0 Å². The number of carbonyl (C=O) groups is 2. The second-order valence-corrected chi connectivity index (χ2v) is 9.57. The molecule has 0 unspecified atom stereocenters. The average Bonchev–Trinajstić information content (AvgIpc) is 3.46. The SMILES string of the molecule is CCC(=O)N1C[C@@H](c2cn(C(C)C)cn2)[C@]2(CCN(Cc3csc(C)n3)C2=O)C1. The first-order valence-corrected chi connectivity index (χ1v) is 11.2. The summed E-state index contributed by atoms with van der Waals surface area (Å²) in [5, 5.41) is 3.04. The van der Waals surface area contributed by atoms with E-state index in [2.05, 4.69) is 34.6 Å². The third-order valence-electron chi connectivity index (χ3n) is 6.33. The van der Waals surface area contributed by atoms with E-state index in [9.17, 15) is 9.59 Å². The summed E-state index contributed by atoms with van der Waals surface area (Å²) in [5.74, 6) is 0.183. The van der Waals surface area contributed by atoms with Gasteiger partial charge in [0.1, 0.15) is 0 Å². The van der Waals surface area contributed by atoms with Gasteiger partial charge in [-0.3, -0.25) is 9.59 Å². The van der Waals surface area contributed by atoms with Gasteiger partial charge in [-0.15, -0.1) is 11.3 Å². The van der Waals surface area contributed by atoms with Gasteiger partial charge in [0.2, 0.25) is 11.8 Å². The van der Waals surface area contributed by atoms with E-state index in [-0.39, 0.29) is 17.7 Å². The molecule has 0 N–H and O–H groups in total. The first kappa shape index (κ1) is 20.1. The number of aromatic nitrogens is 3. The van der Waals surface area contributed by atoms with E-state index in [1.807, 2.05) is 35.4 Å². The molecule has 0 aliphatic carbocycles. The lowest BCUT2D eigenvalue weighted by Crippen LogP contribution is -2.40. The molecule has 2 saturated heterocycles. The average molecular weight is 416 g/mol. The molecule has 2 aliphatic heterocycles. The van der Waals surface area contributed by atoms with E-state index in [1.54, 1.807) is 11.3 Å². The lowest BCUT2D eigenvalue weighted by Gasteiger charge is -2.27. The van der Waals surface area contributed by atoms with E-state index in [4.69, 9.17) is 0 Å². The molecule has 156 valence electrons. The van der Waals surface area contributed by atoms with Crippen LogP contribution in [-0.4, -0.2) is 55.8 Å². The number of hydrogen-bond donors (Lipinski definition) is 0. The Hall–Kier alpha value is -2.22. The molecular formula is C21H29N5O2S. The van der Waals surface area contributed by atoms with Crippen molar-refractivity contribution in [1.82, 2.24) is 24.3 Å². The molecule has 2 aromatic rings. The third kappa shape index (κ3) is 3.47. The van der Waals surface area contributed by atoms with Gasteiger partial charge in [-0.25, -0.2) is 9.97 Å². The van der Waals surface area contributed by atoms with Gasteiger partial charge < -0.3 is 14.4 Å². The van der Waals surface area contributed by atoms with Gasteiger partial charge >= 0.3 is 0 Å². The molecule has 0 radical (unpaired) electrons. The number of nitrogens with zero attached hydrogens (tertiary/aromatic N) is 5. The van der Waals surface area contributed by atoms with Crippen LogP contribution in [0.15, 0.2) is 17.9 Å². The fraction of sp³-hybridized carbons (Fsp3) is 0.619. The van der Waals surface area contributed by atoms with Gasteiger partial charge in [-0.1, -0.05) is 6.92 Å². The third-order valence-corrected chi connectivity index (χ3v) is 7.16. The number of carbonyl (C=O) groups excluding carboxylic acids is 2. The minimum Gasteiger partial charge on any atom is -0.341 e. The summed E-state index contributed by atoms with van der Waals surface area (Å²) in [4.78, 5) is 39.1. The highest BCUT2D eigenvalue weighted by Crippen LogP contribution is 2.50. The van der Waals surface area contributed by atoms with Crippen molar-refractivity contribution < 1.29 is 9.59 Å². The monoisotopic (exact) mass is 415 g/mol. The summed E-state index contributed by atoms with van der Waals surface area (Å²) in [7, 11) is 0. The number of likely N-dealkylation sites (tertiary alicyclic amines) is 2. The number of rotatable bonds is 5. The fourth-order valence-corrected chi connectivity index (χ4v) is 5.27. The van der Waals surface area contributed by atoms with Crippen LogP contribution < -0.4 is 0 Å². The molecule has 0 saturated carbocycles. The Morgan fingerprint density at radius 2 is 2.21 bits per heavy atom. The molecule has 29 heavy (non-hydrogen) atoms. The summed E-state index contributed by atoms with van der Waals surface area (Å²) in [5.41, 5.74) is 1.29. The van der Waals surface area contributed by atoms with E-state index < -0.39 is 5.41 Å². The highest BCUT2D eigenvalue weighted by molar-refractivity contribution is 7.09. The van der Waals surface area contributed by atoms with Crippen LogP contribution in [0, 0.1) is 12.3 Å². The largest absolute Gasteiger partial charge is 0.341 e. The van der Waals surface area contributed by atoms with Gasteiger partial charge in [0.25, 0.3) is 0 Å². The van der Waals surface area contributed by atoms with Gasteiger partial charge in [-0.2, -0.15) is 0 Å². The van der Waals surface area contributed by atoms with Crippen molar-refractivity contribution in [3.8, 4) is 0 Å². The van der Waals surface area contributed by atoms with Gasteiger partial charge in [0.15, 0.2) is 0 Å². The predicted octanol–water partition coefficient (Wildman–Crippen LogP) is 2.98. The first-order valence-electron chi connectivity index (χ1n) is 10.4. The molecule has 2 fully saturated rings. The Kier molecular flexibility index (Phi) is 5.23. The molecule has 1 spiro atoms. The number of amides is 2. The van der Waals surface area contributed by atoms with Crippen molar-refractivity contribution in [2.45, 2.75) is 59.0 Å². The van der Waals surface area contributed by atoms with Crippen LogP contribution in [0.3, 0.4) is 0 Å². The maximum Gasteiger partial charge on any atom is 0.231 e. The number of aryl methyl sites for hydroxylation is 1. The minimum absolute atomic E-state index is 0.0623. The minimum atomic E-state index is -0.577. The van der Waals surface area contributed by atoms with Crippen LogP contribution in [-0.2, 0) is 16.1 Å². The van der Waals surface area contributed by atoms with Gasteiger partial charge in [0.05, 0.1) is 34.7 Å². The lowest BCUT2D eigenvalue weighted by molar-refractivity contribution is -0.137. The van der Waals surface area contributed by atoms with E-state index in [1.165, 1.54) is 0 Å². The van der Waals surface area contributed by atoms with Crippen LogP contribution in [0.4, 0.5) is 0 Å². The molecule has 0 bridgehead atoms. The summed E-state index contributed by atoms with van der Waals surface area (Å²) < 4.78 is 2.07. The summed E-state index contributed by atoms with van der Waals surface area (Å²) >= 11 is 1.61. The normalized spacial score (nSPS) is 24.4. The molecule has 0 aromatic carbocycles. The molecule has 2 amide bonds. The molecule has 4 rings (SSSR count). The van der Waals surface area contributed by atoms with Crippen molar-refractivity contribution in [3.63, 3.8) is 0 Å². The van der Waals surface area contributed by atoms with Crippen LogP contribution in [0.1, 0.15) is 62.0 Å². The molecule has 4 heterocycles. The van der Waals surface area contributed by atoms with Gasteiger partial charge in [-0.05, 0) is 27.2 Å². The Morgan fingerprint density at radius 1 is 1.41 bits per heavy atom. The molecular weight excluding hydrogens is 386 g/mol. The maximum absolute atomic E-state index is 13.7. The topological polar surface area (TPSA) is 71.3 Å². The summed E-state index contributed by atoms with van der Waals surface area (Å²) in [6, 6.07) is 0.311. The zero-order valence-corrected chi connectivity index (χ0v) is 18.4. The first-order chi connectivity index (χ1) is 13.8. The highest BCUT2D eigenvalue weighted by Gasteiger charge is 2.58. The zero-order valence-electron chi connectivity index (χ0n) is 17.6. The van der Waals surface area contributed by atoms with E-state index in [0.29, 0.717) is 38.6 Å². The lowest BCUT2D eigenvalue weighted by atomic mass is 9.75. The van der Waals surface area contributed by atoms with Gasteiger partial charge in [0, 0.05) is 49.6 Å². The number of hydrogen-bond acceptors (Lipinski definition) is 5. The Labute approximate surface area is 175 Å². The summed E-state index contributed by atoms with van der Waals surface area (Å²) in [6.45, 7) is 10.4. The predicted molar refractivity (Wildman–Crippen MR) is 112 cm³/mol. The second-order valence-electron chi connectivity index (χ2n) is 8.51. The Bertz CT molecular complexity index is 920. The van der Waals surface area contributed by atoms with E-state index in [0.717, 1.165) is 22.8 Å². The highest BCUT2D eigenvalue weighted by atomic mass is 32.1. The quantitative estimate of drug-likeness (QED) is 0.753. The smallest absolute Gasteiger partial charge is 0.231 e. The standard InChI is InChI=1S/C21H29N5O2S/c1-5-19(27)25-9-17(18-10-26(13-22-18)14(2)3)21(12-25)6-7-24(20(21)28)8-16-11-29-15(4)23-16/h10-11,13-14,17H,5-9,12H2,1-4H3/t17-,21-/m0/s1. The Balaban J connectivity index is 1.64. The zero-order chi connectivity index (χ0) is 20.8. The van der Waals surface area contributed by atoms with Crippen molar-refractivity contribution >= 4 is 23.2 Å². The van der Waals surface area contributed by atoms with Crippen molar-refractivity contribution in [2.75, 3.05) is 19.6 Å². The number of thiazole rings is 1. The maximum atomic E-state index is 13.7. The molecule has 8 heteroatoms. The van der Waals surface area contributed by atoms with Crippen LogP contribution >= 0.6 is 11.3 Å². The second kappa shape index (κ2) is 7.55. The molecule has 7 nitrogen and oxygen atoms in total. The molecule has 2 atom stereocenters. The summed E-state index contributed by atoms with van der Waals surface area (Å²) in [6.07, 6.45) is 5.10. The number of imidazole rings is 1. The van der Waals surface area contributed by atoms with Crippen LogP contribution in [0.2, 0.25) is 0 Å². The van der Waals surface area contributed by atoms with Crippen LogP contribution in [0.5, 0.6) is 0 Å². The van der Waals surface area contributed by atoms with E-state index >= 15 is 0 Å². The van der Waals surface area contributed by atoms with Crippen molar-refractivity contribution in [3.05, 3.63) is 34.3 Å². The molecule has 2 aromatic heterocycles. The fourth-order valence-electron chi connectivity index (χ4n) is 4.67. The Morgan fingerprint density at radius 3 is 2.83 bits per heavy atom.